The van der Waals surface area contributed by atoms with Gasteiger partial charge >= 0.3 is 0 Å². The van der Waals surface area contributed by atoms with E-state index in [1.165, 1.54) is 0 Å². The van der Waals surface area contributed by atoms with Gasteiger partial charge in [0, 0.05) is 18.7 Å². The Labute approximate surface area is 156 Å². The van der Waals surface area contributed by atoms with Crippen LogP contribution in [0.2, 0.25) is 0 Å². The normalized spacial score (nSPS) is 13.0. The van der Waals surface area contributed by atoms with Gasteiger partial charge in [-0.3, -0.25) is 9.48 Å². The molecule has 0 saturated heterocycles. The van der Waals surface area contributed by atoms with Crippen LogP contribution in [0.15, 0.2) is 30.3 Å². The maximum atomic E-state index is 12.4. The number of aryl methyl sites for hydroxylation is 1. The van der Waals surface area contributed by atoms with Crippen molar-refractivity contribution in [2.75, 3.05) is 6.54 Å². The molecule has 136 valence electrons. The molecule has 26 heavy (non-hydrogen) atoms. The Bertz CT molecular complexity index is 895. The first-order valence-corrected chi connectivity index (χ1v) is 8.10. The van der Waals surface area contributed by atoms with Crippen molar-refractivity contribution in [3.63, 3.8) is 0 Å². The number of fused-ring (bicyclic) bond motifs is 1. The summed E-state index contributed by atoms with van der Waals surface area (Å²) in [5, 5.41) is 22.1. The highest BCUT2D eigenvalue weighted by Crippen LogP contribution is 2.11. The highest BCUT2D eigenvalue weighted by atomic mass is 35.5. The van der Waals surface area contributed by atoms with Crippen molar-refractivity contribution in [2.24, 2.45) is 0 Å². The summed E-state index contributed by atoms with van der Waals surface area (Å²) in [7, 11) is 0. The van der Waals surface area contributed by atoms with E-state index in [0.29, 0.717) is 17.9 Å². The molecule has 0 aliphatic carbocycles. The molecule has 0 bridgehead atoms. The molecule has 3 heterocycles. The fraction of sp³-hybridized carbons (Fsp3) is 0.312. The van der Waals surface area contributed by atoms with E-state index >= 15 is 0 Å². The van der Waals surface area contributed by atoms with Crippen LogP contribution in [0.3, 0.4) is 0 Å². The minimum atomic E-state index is -0.156. The average Bonchev–Trinajstić information content (AvgIpc) is 3.25. The minimum Gasteiger partial charge on any atom is -0.346 e. The standard InChI is InChI=1S/C16H18N8O.ClH/c1-11-19-21-22-24(11)14-4-2-3-12(7-14)16(25)18-9-13-8-15-10-17-5-6-23(15)20-13;/h2-4,7-8,17H,5-6,9-10H2,1H3,(H,18,25);1H. The van der Waals surface area contributed by atoms with E-state index in [9.17, 15) is 4.79 Å². The van der Waals surface area contributed by atoms with Crippen LogP contribution in [0.25, 0.3) is 5.69 Å². The van der Waals surface area contributed by atoms with E-state index in [2.05, 4.69) is 31.3 Å². The second-order valence-electron chi connectivity index (χ2n) is 5.90. The maximum absolute atomic E-state index is 12.4. The van der Waals surface area contributed by atoms with E-state index in [0.717, 1.165) is 36.7 Å². The van der Waals surface area contributed by atoms with Gasteiger partial charge in [0.1, 0.15) is 0 Å². The number of amides is 1. The Kier molecular flexibility index (Phi) is 5.29. The Morgan fingerprint density at radius 1 is 1.35 bits per heavy atom. The van der Waals surface area contributed by atoms with E-state index in [1.807, 2.05) is 29.8 Å². The first-order valence-electron chi connectivity index (χ1n) is 8.10. The molecule has 0 saturated carbocycles. The van der Waals surface area contributed by atoms with Crippen LogP contribution >= 0.6 is 12.4 Å². The van der Waals surface area contributed by atoms with Crippen molar-refractivity contribution in [3.8, 4) is 5.69 Å². The van der Waals surface area contributed by atoms with Gasteiger partial charge in [-0.05, 0) is 41.6 Å². The zero-order valence-corrected chi connectivity index (χ0v) is 15.0. The smallest absolute Gasteiger partial charge is 0.251 e. The lowest BCUT2D eigenvalue weighted by atomic mass is 10.2. The van der Waals surface area contributed by atoms with Crippen molar-refractivity contribution in [3.05, 3.63) is 53.1 Å². The van der Waals surface area contributed by atoms with Gasteiger partial charge in [-0.1, -0.05) is 6.07 Å². The summed E-state index contributed by atoms with van der Waals surface area (Å²) in [5.41, 5.74) is 3.31. The third kappa shape index (κ3) is 3.58. The van der Waals surface area contributed by atoms with Gasteiger partial charge in [-0.25, -0.2) is 0 Å². The fourth-order valence-electron chi connectivity index (χ4n) is 2.86. The lowest BCUT2D eigenvalue weighted by molar-refractivity contribution is 0.0950. The van der Waals surface area contributed by atoms with Gasteiger partial charge in [-0.15, -0.1) is 17.5 Å². The first-order chi connectivity index (χ1) is 12.2. The molecule has 0 unspecified atom stereocenters. The highest BCUT2D eigenvalue weighted by molar-refractivity contribution is 5.94. The molecule has 2 N–H and O–H groups in total. The number of nitrogens with zero attached hydrogens (tertiary/aromatic N) is 6. The molecule has 3 aromatic rings. The third-order valence-electron chi connectivity index (χ3n) is 4.13. The summed E-state index contributed by atoms with van der Waals surface area (Å²) in [6.45, 7) is 4.80. The lowest BCUT2D eigenvalue weighted by Crippen LogP contribution is -2.28. The number of hydrogen-bond donors (Lipinski definition) is 2. The summed E-state index contributed by atoms with van der Waals surface area (Å²) in [5.74, 6) is 0.506. The molecular formula is C16H19ClN8O. The second kappa shape index (κ2) is 7.63. The molecule has 1 aromatic carbocycles. The van der Waals surface area contributed by atoms with Crippen LogP contribution in [-0.2, 0) is 19.6 Å². The van der Waals surface area contributed by atoms with Crippen molar-refractivity contribution in [1.29, 1.82) is 0 Å². The maximum Gasteiger partial charge on any atom is 0.251 e. The summed E-state index contributed by atoms with van der Waals surface area (Å²) >= 11 is 0. The molecule has 1 aliphatic rings. The van der Waals surface area contributed by atoms with Gasteiger partial charge < -0.3 is 10.6 Å². The van der Waals surface area contributed by atoms with Gasteiger partial charge in [0.05, 0.1) is 30.2 Å². The van der Waals surface area contributed by atoms with Crippen LogP contribution in [-0.4, -0.2) is 42.4 Å². The third-order valence-corrected chi connectivity index (χ3v) is 4.13. The number of rotatable bonds is 4. The molecule has 0 radical (unpaired) electrons. The van der Waals surface area contributed by atoms with Gasteiger partial charge in [0.25, 0.3) is 5.91 Å². The van der Waals surface area contributed by atoms with Crippen molar-refractivity contribution < 1.29 is 4.79 Å². The zero-order valence-electron chi connectivity index (χ0n) is 14.2. The van der Waals surface area contributed by atoms with E-state index < -0.39 is 0 Å². The van der Waals surface area contributed by atoms with Gasteiger partial charge in [0.15, 0.2) is 5.82 Å². The quantitative estimate of drug-likeness (QED) is 0.694. The molecule has 0 fully saturated rings. The topological polar surface area (TPSA) is 103 Å². The number of carbonyl (C=O) groups excluding carboxylic acids is 1. The van der Waals surface area contributed by atoms with Crippen LogP contribution in [0.4, 0.5) is 0 Å². The van der Waals surface area contributed by atoms with Crippen molar-refractivity contribution in [1.82, 2.24) is 40.6 Å². The second-order valence-corrected chi connectivity index (χ2v) is 5.90. The molecule has 1 amide bonds. The molecule has 0 atom stereocenters. The predicted molar refractivity (Wildman–Crippen MR) is 96.2 cm³/mol. The fourth-order valence-corrected chi connectivity index (χ4v) is 2.86. The number of nitrogens with one attached hydrogen (secondary N) is 2. The van der Waals surface area contributed by atoms with Gasteiger partial charge in [0.2, 0.25) is 0 Å². The lowest BCUT2D eigenvalue weighted by Gasteiger charge is -2.13. The van der Waals surface area contributed by atoms with E-state index in [4.69, 9.17) is 0 Å². The molecule has 1 aliphatic heterocycles. The van der Waals surface area contributed by atoms with Gasteiger partial charge in [-0.2, -0.15) is 9.78 Å². The van der Waals surface area contributed by atoms with Crippen LogP contribution in [0, 0.1) is 6.92 Å². The first kappa shape index (κ1) is 18.0. The number of hydrogen-bond acceptors (Lipinski definition) is 6. The number of carbonyl (C=O) groups is 1. The Balaban J connectivity index is 0.00000196. The molecule has 4 rings (SSSR count). The number of halogens is 1. The zero-order chi connectivity index (χ0) is 17.2. The number of aromatic nitrogens is 6. The Morgan fingerprint density at radius 3 is 3.00 bits per heavy atom. The molecule has 0 spiro atoms. The molecule has 10 heteroatoms. The molecule has 2 aromatic heterocycles. The predicted octanol–water partition coefficient (Wildman–Crippen LogP) is 0.622. The Hall–Kier alpha value is -2.78. The summed E-state index contributed by atoms with van der Waals surface area (Å²) < 4.78 is 3.58. The average molecular weight is 375 g/mol. The van der Waals surface area contributed by atoms with E-state index in [-0.39, 0.29) is 18.3 Å². The highest BCUT2D eigenvalue weighted by Gasteiger charge is 2.13. The number of tetrazole rings is 1. The van der Waals surface area contributed by atoms with Crippen molar-refractivity contribution in [2.45, 2.75) is 26.6 Å². The minimum absolute atomic E-state index is 0. The molecule has 9 nitrogen and oxygen atoms in total. The number of benzene rings is 1. The SMILES string of the molecule is Cc1nnnn1-c1cccc(C(=O)NCc2cc3n(n2)CCNC3)c1.Cl. The van der Waals surface area contributed by atoms with Crippen LogP contribution in [0.1, 0.15) is 27.6 Å². The van der Waals surface area contributed by atoms with Crippen LogP contribution in [0.5, 0.6) is 0 Å². The van der Waals surface area contributed by atoms with E-state index in [1.54, 1.807) is 16.8 Å². The monoisotopic (exact) mass is 374 g/mol. The molecular weight excluding hydrogens is 356 g/mol. The summed E-state index contributed by atoms with van der Waals surface area (Å²) in [4.78, 5) is 12.4. The summed E-state index contributed by atoms with van der Waals surface area (Å²) in [6.07, 6.45) is 0. The van der Waals surface area contributed by atoms with Crippen LogP contribution < -0.4 is 10.6 Å². The summed E-state index contributed by atoms with van der Waals surface area (Å²) in [6, 6.07) is 9.22. The Morgan fingerprint density at radius 2 is 2.23 bits per heavy atom. The van der Waals surface area contributed by atoms with Crippen molar-refractivity contribution >= 4 is 18.3 Å². The largest absolute Gasteiger partial charge is 0.346 e.